The normalized spacial score (nSPS) is 11.1. The molecule has 2 aromatic carbocycles. The number of hydrogen-bond donors (Lipinski definition) is 0. The van der Waals surface area contributed by atoms with Gasteiger partial charge in [0.25, 0.3) is 0 Å². The molecule has 1 nitrogen and oxygen atoms in total. The summed E-state index contributed by atoms with van der Waals surface area (Å²) in [5.41, 5.74) is 12.8. The number of halogens is 6. The highest BCUT2D eigenvalue weighted by Crippen LogP contribution is 2.33. The molecule has 9 heteroatoms. The molecule has 3 aromatic rings. The monoisotopic (exact) mass is 811 g/mol. The van der Waals surface area contributed by atoms with Crippen LogP contribution in [0.3, 0.4) is 0 Å². The molecule has 0 fully saturated rings. The van der Waals surface area contributed by atoms with Gasteiger partial charge in [-0.05, 0) is 101 Å². The molecule has 0 aliphatic heterocycles. The van der Waals surface area contributed by atoms with Gasteiger partial charge in [-0.2, -0.15) is 0 Å². The summed E-state index contributed by atoms with van der Waals surface area (Å²) in [4.78, 5) is 0. The van der Waals surface area contributed by atoms with Gasteiger partial charge in [0.15, 0.2) is 11.4 Å². The van der Waals surface area contributed by atoms with E-state index in [4.69, 9.17) is 0 Å². The smallest absolute Gasteiger partial charge is 0.311 e. The van der Waals surface area contributed by atoms with Crippen LogP contribution in [0.2, 0.25) is 0 Å². The minimum absolute atomic E-state index is 0.00333. The minimum Gasteiger partial charge on any atom is -0.311 e. The Bertz CT molecular complexity index is 998. The van der Waals surface area contributed by atoms with E-state index < -0.39 is 1.44 Å². The van der Waals surface area contributed by atoms with Gasteiger partial charge in [0.05, 0.1) is 0 Å². The van der Waals surface area contributed by atoms with Crippen LogP contribution in [-0.4, -0.2) is 5.94 Å². The maximum atomic E-state index is 3.79. The number of aromatic nitrogens is 1. The largest absolute Gasteiger partial charge is 0.643 e. The fraction of sp³-hybridized carbons (Fsp3) is 0.261. The van der Waals surface area contributed by atoms with Gasteiger partial charge >= 0.3 is 4.50 Å². The first kappa shape index (κ1) is 28.8. The van der Waals surface area contributed by atoms with Crippen LogP contribution in [0.1, 0.15) is 33.4 Å². The van der Waals surface area contributed by atoms with E-state index in [1.807, 2.05) is 0 Å². The van der Waals surface area contributed by atoms with Gasteiger partial charge in [0.2, 0.25) is 1.44 Å². The van der Waals surface area contributed by atoms with E-state index in [2.05, 4.69) is 183 Å². The van der Waals surface area contributed by atoms with Crippen LogP contribution in [-0.2, 0) is 0 Å². The van der Waals surface area contributed by atoms with Gasteiger partial charge in [-0.1, -0.05) is 35.4 Å². The first-order valence-corrected chi connectivity index (χ1v) is 15.6. The van der Waals surface area contributed by atoms with Gasteiger partial charge in [-0.3, -0.25) is 4.48 Å². The summed E-state index contributed by atoms with van der Waals surface area (Å²) in [7, 11) is 0. The molecule has 0 radical (unpaired) electrons. The van der Waals surface area contributed by atoms with Crippen molar-refractivity contribution >= 4 is 100 Å². The molecule has 0 aliphatic rings. The van der Waals surface area contributed by atoms with Crippen molar-refractivity contribution in [3.05, 3.63) is 75.8 Å². The van der Waals surface area contributed by atoms with E-state index in [1.165, 1.54) is 55.9 Å². The summed E-state index contributed by atoms with van der Waals surface area (Å²) in [5.74, 6) is 0. The lowest BCUT2D eigenvalue weighted by molar-refractivity contribution is -0.501. The van der Waals surface area contributed by atoms with Crippen molar-refractivity contribution in [2.45, 2.75) is 41.5 Å². The van der Waals surface area contributed by atoms with Crippen molar-refractivity contribution in [3.63, 3.8) is 0 Å². The van der Waals surface area contributed by atoms with Gasteiger partial charge < -0.3 is 63.0 Å². The van der Waals surface area contributed by atoms with E-state index in [0.717, 1.165) is 0 Å². The summed E-state index contributed by atoms with van der Waals surface area (Å²) in [6.07, 6.45) is 0. The zero-order valence-electron chi connectivity index (χ0n) is 18.9. The predicted molar refractivity (Wildman–Crippen MR) is 166 cm³/mol. The molecule has 0 amide bonds. The molecule has 32 heavy (non-hydrogen) atoms. The van der Waals surface area contributed by atoms with Crippen LogP contribution in [0.15, 0.2) is 42.5 Å². The standard InChI is InChI=1S/C23H25BBr2N.BBr4/c1-14-10-16(3)22(17(4)11-14)20-8-7-9-21(27(20)24(25)26)23-18(5)12-15(2)13-19(23)6;2-1(3,4)5/h7-13H,1-6H3;/q+1;-1. The van der Waals surface area contributed by atoms with Crippen molar-refractivity contribution < 1.29 is 4.48 Å². The Morgan fingerprint density at radius 1 is 0.625 bits per heavy atom. The predicted octanol–water partition coefficient (Wildman–Crippen LogP) is 9.78. The summed E-state index contributed by atoms with van der Waals surface area (Å²) in [6, 6.07) is 15.6. The van der Waals surface area contributed by atoms with Crippen LogP contribution >= 0.6 is 94.5 Å². The minimum atomic E-state index is -0.750. The van der Waals surface area contributed by atoms with Crippen molar-refractivity contribution in [1.82, 2.24) is 0 Å². The average Bonchev–Trinajstić information content (AvgIpc) is 2.58. The highest BCUT2D eigenvalue weighted by molar-refractivity contribution is 9.90. The molecule has 0 aliphatic carbocycles. The SMILES string of the molecule is Br[B-](Br)(Br)Br.Cc1cc(C)c(-c2cccc(-c3c(C)cc(C)cc3C)[n+]2B(Br)Br)c(C)c1. The Kier molecular flexibility index (Phi) is 10.8. The highest BCUT2D eigenvalue weighted by Gasteiger charge is 2.32. The maximum Gasteiger partial charge on any atom is 0.643 e. The first-order chi connectivity index (χ1) is 14.7. The van der Waals surface area contributed by atoms with Crippen molar-refractivity contribution in [3.8, 4) is 22.5 Å². The van der Waals surface area contributed by atoms with Crippen LogP contribution in [0.25, 0.3) is 22.5 Å². The van der Waals surface area contributed by atoms with Gasteiger partial charge in [-0.15, -0.1) is 0 Å². The van der Waals surface area contributed by atoms with Crippen LogP contribution in [0.4, 0.5) is 0 Å². The molecule has 0 bridgehead atoms. The number of pyridine rings is 1. The molecule has 0 saturated heterocycles. The van der Waals surface area contributed by atoms with Crippen molar-refractivity contribution in [2.24, 2.45) is 0 Å². The second kappa shape index (κ2) is 12.0. The third kappa shape index (κ3) is 7.81. The number of rotatable bonds is 3. The summed E-state index contributed by atoms with van der Waals surface area (Å²) in [6.45, 7) is 13.1. The number of benzene rings is 2. The van der Waals surface area contributed by atoms with Gasteiger partial charge in [0, 0.05) is 23.3 Å². The molecule has 0 saturated carbocycles. The highest BCUT2D eigenvalue weighted by atomic mass is 80.0. The molecule has 170 valence electrons. The Morgan fingerprint density at radius 2 is 0.906 bits per heavy atom. The van der Waals surface area contributed by atoms with Crippen LogP contribution in [0, 0.1) is 41.5 Å². The third-order valence-corrected chi connectivity index (χ3v) is 5.91. The topological polar surface area (TPSA) is 3.88 Å². The number of aryl methyl sites for hydroxylation is 6. The van der Waals surface area contributed by atoms with E-state index in [9.17, 15) is 0 Å². The lowest BCUT2D eigenvalue weighted by Crippen LogP contribution is -2.47. The van der Waals surface area contributed by atoms with E-state index >= 15 is 0 Å². The molecular weight excluding hydrogens is 791 g/mol. The van der Waals surface area contributed by atoms with Gasteiger partial charge in [0.1, 0.15) is 0 Å². The average molecular weight is 817 g/mol. The second-order valence-corrected chi connectivity index (χ2v) is 23.8. The Labute approximate surface area is 242 Å². The fourth-order valence-corrected chi connectivity index (χ4v) is 5.19. The Hall–Kier alpha value is 0.600. The van der Waals surface area contributed by atoms with Crippen molar-refractivity contribution in [2.75, 3.05) is 0 Å². The number of nitrogens with zero attached hydrogens (tertiary/aromatic N) is 1. The van der Waals surface area contributed by atoms with Gasteiger partial charge in [-0.25, -0.2) is 0 Å². The fourth-order valence-electron chi connectivity index (χ4n) is 4.31. The first-order valence-electron chi connectivity index (χ1n) is 10.1. The quantitative estimate of drug-likeness (QED) is 0.232. The zero-order valence-corrected chi connectivity index (χ0v) is 28.4. The van der Waals surface area contributed by atoms with Crippen molar-refractivity contribution in [1.29, 1.82) is 0 Å². The molecule has 0 spiro atoms. The summed E-state index contributed by atoms with van der Waals surface area (Å²) in [5, 5.41) is 0. The Balaban J connectivity index is 0.000000654. The molecule has 1 heterocycles. The molecule has 3 rings (SSSR count). The lowest BCUT2D eigenvalue weighted by Gasteiger charge is -2.16. The second-order valence-electron chi connectivity index (χ2n) is 7.99. The van der Waals surface area contributed by atoms with Crippen LogP contribution in [0.5, 0.6) is 0 Å². The van der Waals surface area contributed by atoms with Crippen LogP contribution < -0.4 is 4.48 Å². The third-order valence-electron chi connectivity index (χ3n) is 5.09. The Morgan fingerprint density at radius 3 is 1.16 bits per heavy atom. The zero-order chi connectivity index (χ0) is 24.4. The van der Waals surface area contributed by atoms with E-state index in [1.54, 1.807) is 0 Å². The molecule has 0 N–H and O–H groups in total. The lowest BCUT2D eigenvalue weighted by atomic mass is 9.92. The molecular formula is C23H25B2Br6N. The molecule has 0 atom stereocenters. The number of hydrogen-bond acceptors (Lipinski definition) is 0. The molecule has 0 unspecified atom stereocenters. The van der Waals surface area contributed by atoms with E-state index in [0.29, 0.717) is 0 Å². The molecule has 1 aromatic heterocycles. The summed E-state index contributed by atoms with van der Waals surface area (Å²) < 4.78 is 1.59. The summed E-state index contributed by atoms with van der Waals surface area (Å²) >= 11 is 20.3. The van der Waals surface area contributed by atoms with E-state index in [-0.39, 0.29) is 4.50 Å². The maximum absolute atomic E-state index is 3.79.